The van der Waals surface area contributed by atoms with E-state index in [1.54, 1.807) is 10.9 Å². The molecule has 2 N–H and O–H groups in total. The summed E-state index contributed by atoms with van der Waals surface area (Å²) in [5, 5.41) is 14.0. The molecule has 0 spiro atoms. The van der Waals surface area contributed by atoms with Crippen LogP contribution in [0.15, 0.2) is 12.4 Å². The van der Waals surface area contributed by atoms with Gasteiger partial charge in [-0.15, -0.1) is 5.10 Å². The molecule has 1 aromatic heterocycles. The van der Waals surface area contributed by atoms with Gasteiger partial charge < -0.3 is 10.6 Å². The van der Waals surface area contributed by atoms with Crippen LogP contribution in [0.3, 0.4) is 0 Å². The first-order valence-corrected chi connectivity index (χ1v) is 7.10. The van der Waals surface area contributed by atoms with E-state index in [0.717, 1.165) is 45.3 Å². The average molecular weight is 265 g/mol. The first-order valence-electron chi connectivity index (χ1n) is 7.10. The van der Waals surface area contributed by atoms with Gasteiger partial charge in [-0.1, -0.05) is 12.1 Å². The van der Waals surface area contributed by atoms with E-state index in [2.05, 4.69) is 27.9 Å². The lowest BCUT2D eigenvalue weighted by molar-refractivity contribution is -0.132. The Morgan fingerprint density at radius 1 is 1.47 bits per heavy atom. The van der Waals surface area contributed by atoms with Crippen LogP contribution in [0.25, 0.3) is 0 Å². The summed E-state index contributed by atoms with van der Waals surface area (Å²) in [6, 6.07) is 0. The van der Waals surface area contributed by atoms with Crippen molar-refractivity contribution < 1.29 is 4.79 Å². The van der Waals surface area contributed by atoms with Gasteiger partial charge in [0.1, 0.15) is 0 Å². The highest BCUT2D eigenvalue weighted by Crippen LogP contribution is 2.32. The molecule has 1 aliphatic heterocycles. The van der Waals surface area contributed by atoms with Crippen LogP contribution in [0.4, 0.5) is 0 Å². The molecule has 1 saturated heterocycles. The van der Waals surface area contributed by atoms with Gasteiger partial charge in [0.05, 0.1) is 11.6 Å². The molecular weight excluding hydrogens is 242 g/mol. The van der Waals surface area contributed by atoms with Crippen molar-refractivity contribution in [1.29, 1.82) is 0 Å². The van der Waals surface area contributed by atoms with Crippen LogP contribution in [-0.4, -0.2) is 40.5 Å². The number of hydrogen-bond donors (Lipinski definition) is 2. The maximum absolute atomic E-state index is 12.3. The largest absolute Gasteiger partial charge is 0.356 e. The number of piperidine rings is 1. The molecule has 1 amide bonds. The molecule has 0 saturated carbocycles. The van der Waals surface area contributed by atoms with Crippen LogP contribution in [0, 0.1) is 5.41 Å². The third-order valence-corrected chi connectivity index (χ3v) is 4.04. The predicted molar refractivity (Wildman–Crippen MR) is 72.5 cm³/mol. The zero-order valence-electron chi connectivity index (χ0n) is 11.6. The molecule has 106 valence electrons. The average Bonchev–Trinajstić information content (AvgIpc) is 2.97. The van der Waals surface area contributed by atoms with Gasteiger partial charge in [-0.25, -0.2) is 0 Å². The number of aryl methyl sites for hydroxylation is 1. The van der Waals surface area contributed by atoms with Gasteiger partial charge in [0.25, 0.3) is 0 Å². The molecule has 6 heteroatoms. The summed E-state index contributed by atoms with van der Waals surface area (Å²) in [4.78, 5) is 12.3. The Kier molecular flexibility index (Phi) is 4.90. The minimum atomic E-state index is -0.154. The maximum Gasteiger partial charge on any atom is 0.226 e. The van der Waals surface area contributed by atoms with Crippen molar-refractivity contribution in [3.8, 4) is 0 Å². The van der Waals surface area contributed by atoms with E-state index in [1.165, 1.54) is 0 Å². The molecule has 0 radical (unpaired) electrons. The molecule has 6 nitrogen and oxygen atoms in total. The first-order chi connectivity index (χ1) is 9.27. The van der Waals surface area contributed by atoms with Gasteiger partial charge in [-0.05, 0) is 38.8 Å². The third-order valence-electron chi connectivity index (χ3n) is 4.04. The third kappa shape index (κ3) is 3.53. The second-order valence-electron chi connectivity index (χ2n) is 5.16. The van der Waals surface area contributed by atoms with Crippen molar-refractivity contribution in [2.24, 2.45) is 5.41 Å². The second kappa shape index (κ2) is 6.65. The van der Waals surface area contributed by atoms with Gasteiger partial charge in [0, 0.05) is 19.3 Å². The smallest absolute Gasteiger partial charge is 0.226 e. The van der Waals surface area contributed by atoms with E-state index in [-0.39, 0.29) is 11.3 Å². The Bertz CT molecular complexity index is 384. The number of amides is 1. The van der Waals surface area contributed by atoms with Crippen molar-refractivity contribution in [2.75, 3.05) is 19.6 Å². The van der Waals surface area contributed by atoms with Crippen molar-refractivity contribution in [2.45, 2.75) is 39.2 Å². The Morgan fingerprint density at radius 3 is 2.89 bits per heavy atom. The lowest BCUT2D eigenvalue weighted by Crippen LogP contribution is -2.47. The van der Waals surface area contributed by atoms with Crippen LogP contribution < -0.4 is 10.6 Å². The summed E-state index contributed by atoms with van der Waals surface area (Å²) in [5.41, 5.74) is -0.154. The van der Waals surface area contributed by atoms with Crippen molar-refractivity contribution in [3.63, 3.8) is 0 Å². The summed E-state index contributed by atoms with van der Waals surface area (Å²) >= 11 is 0. The fourth-order valence-electron chi connectivity index (χ4n) is 2.63. The summed E-state index contributed by atoms with van der Waals surface area (Å²) < 4.78 is 1.78. The first kappa shape index (κ1) is 14.0. The fourth-order valence-corrected chi connectivity index (χ4v) is 2.63. The Morgan fingerprint density at radius 2 is 2.26 bits per heavy atom. The molecule has 1 aromatic rings. The minimum Gasteiger partial charge on any atom is -0.356 e. The highest BCUT2D eigenvalue weighted by atomic mass is 16.2. The summed E-state index contributed by atoms with van der Waals surface area (Å²) in [6.07, 6.45) is 7.19. The monoisotopic (exact) mass is 265 g/mol. The van der Waals surface area contributed by atoms with E-state index in [4.69, 9.17) is 0 Å². The number of hydrogen-bond acceptors (Lipinski definition) is 4. The second-order valence-corrected chi connectivity index (χ2v) is 5.16. The Hall–Kier alpha value is -1.43. The summed E-state index contributed by atoms with van der Waals surface area (Å²) in [6.45, 7) is 5.50. The van der Waals surface area contributed by atoms with Gasteiger partial charge in [0.15, 0.2) is 0 Å². The lowest BCUT2D eigenvalue weighted by Gasteiger charge is -2.35. The molecule has 0 aromatic carbocycles. The maximum atomic E-state index is 12.3. The summed E-state index contributed by atoms with van der Waals surface area (Å²) in [7, 11) is 0. The van der Waals surface area contributed by atoms with Crippen LogP contribution in [-0.2, 0) is 11.3 Å². The quantitative estimate of drug-likeness (QED) is 0.737. The molecule has 0 unspecified atom stereocenters. The fraction of sp³-hybridized carbons (Fsp3) is 0.769. The van der Waals surface area contributed by atoms with Gasteiger partial charge in [-0.3, -0.25) is 9.48 Å². The number of aromatic nitrogens is 3. The zero-order valence-corrected chi connectivity index (χ0v) is 11.6. The number of rotatable bonds is 6. The van der Waals surface area contributed by atoms with Crippen molar-refractivity contribution >= 4 is 5.91 Å². The van der Waals surface area contributed by atoms with Gasteiger partial charge in [0.2, 0.25) is 5.91 Å². The number of carbonyl (C=O) groups excluding carboxylic acids is 1. The lowest BCUT2D eigenvalue weighted by atomic mass is 9.76. The highest BCUT2D eigenvalue weighted by molar-refractivity contribution is 5.82. The van der Waals surface area contributed by atoms with E-state index >= 15 is 0 Å². The molecule has 2 heterocycles. The van der Waals surface area contributed by atoms with E-state index in [1.807, 2.05) is 6.20 Å². The molecule has 0 bridgehead atoms. The zero-order chi connectivity index (χ0) is 13.6. The van der Waals surface area contributed by atoms with Crippen LogP contribution in [0.5, 0.6) is 0 Å². The molecular formula is C13H23N5O. The van der Waals surface area contributed by atoms with E-state index in [0.29, 0.717) is 6.54 Å². The van der Waals surface area contributed by atoms with Crippen LogP contribution >= 0.6 is 0 Å². The van der Waals surface area contributed by atoms with Crippen molar-refractivity contribution in [1.82, 2.24) is 25.6 Å². The molecule has 0 atom stereocenters. The van der Waals surface area contributed by atoms with Gasteiger partial charge >= 0.3 is 0 Å². The highest BCUT2D eigenvalue weighted by Gasteiger charge is 2.37. The number of nitrogens with one attached hydrogen (secondary N) is 2. The molecule has 1 aliphatic rings. The Balaban J connectivity index is 1.73. The molecule has 0 aliphatic carbocycles. The Labute approximate surface area is 113 Å². The van der Waals surface area contributed by atoms with Crippen molar-refractivity contribution in [3.05, 3.63) is 12.4 Å². The van der Waals surface area contributed by atoms with Crippen LogP contribution in [0.1, 0.15) is 32.6 Å². The van der Waals surface area contributed by atoms with E-state index in [9.17, 15) is 4.79 Å². The number of nitrogens with zero attached hydrogens (tertiary/aromatic N) is 3. The molecule has 1 fully saturated rings. The standard InChI is InChI=1S/C13H23N5O/c1-2-13(4-7-14-8-5-13)12(19)15-6-3-10-18-11-9-16-17-18/h9,11,14H,2-8,10H2,1H3,(H,15,19). The molecule has 19 heavy (non-hydrogen) atoms. The van der Waals surface area contributed by atoms with Gasteiger partial charge in [-0.2, -0.15) is 0 Å². The minimum absolute atomic E-state index is 0.154. The normalized spacial score (nSPS) is 18.2. The topological polar surface area (TPSA) is 71.8 Å². The van der Waals surface area contributed by atoms with Crippen LogP contribution in [0.2, 0.25) is 0 Å². The van der Waals surface area contributed by atoms with E-state index < -0.39 is 0 Å². The predicted octanol–water partition coefficient (Wildman–Crippen LogP) is 0.564. The number of carbonyl (C=O) groups is 1. The SMILES string of the molecule is CCC1(C(=O)NCCCn2ccnn2)CCNCC1. The summed E-state index contributed by atoms with van der Waals surface area (Å²) in [5.74, 6) is 0.218. The molecule has 2 rings (SSSR count).